The Balaban J connectivity index is 1.53. The second-order valence-corrected chi connectivity index (χ2v) is 6.95. The topological polar surface area (TPSA) is 64.4 Å². The molecule has 0 unspecified atom stereocenters. The number of nitrogens with zero attached hydrogens (tertiary/aromatic N) is 1. The van der Waals surface area contributed by atoms with Gasteiger partial charge in [-0.1, -0.05) is 22.9 Å². The zero-order valence-electron chi connectivity index (χ0n) is 13.2. The number of halogens is 1. The lowest BCUT2D eigenvalue weighted by Gasteiger charge is -2.01. The molecule has 126 valence electrons. The van der Waals surface area contributed by atoms with Crippen LogP contribution in [0, 0.1) is 0 Å². The summed E-state index contributed by atoms with van der Waals surface area (Å²) in [7, 11) is 1.60. The van der Waals surface area contributed by atoms with Gasteiger partial charge in [-0.05, 0) is 30.3 Å². The van der Waals surface area contributed by atoms with E-state index in [1.807, 2.05) is 24.3 Å². The Kier molecular flexibility index (Phi) is 4.07. The number of thiazole rings is 1. The van der Waals surface area contributed by atoms with Gasteiger partial charge in [-0.2, -0.15) is 0 Å². The molecular formula is C18H13ClN2O3S. The van der Waals surface area contributed by atoms with E-state index in [1.54, 1.807) is 25.5 Å². The largest absolute Gasteiger partial charge is 0.497 e. The highest BCUT2D eigenvalue weighted by molar-refractivity contribution is 7.22. The Labute approximate surface area is 152 Å². The second-order valence-electron chi connectivity index (χ2n) is 5.48. The van der Waals surface area contributed by atoms with Crippen LogP contribution in [-0.4, -0.2) is 18.0 Å². The Morgan fingerprint density at radius 3 is 3.04 bits per heavy atom. The molecule has 7 heteroatoms. The monoisotopic (exact) mass is 372 g/mol. The standard InChI is InChI=1S/C18H13ClN2O3S/c1-23-12-3-4-13-10(9-24-15(13)8-12)6-17(22)21-18-20-14-5-2-11(19)7-16(14)25-18/h2-5,7-9H,6H2,1H3,(H,20,21,22). The van der Waals surface area contributed by atoms with Gasteiger partial charge in [-0.15, -0.1) is 0 Å². The summed E-state index contributed by atoms with van der Waals surface area (Å²) in [6.45, 7) is 0. The van der Waals surface area contributed by atoms with Crippen LogP contribution in [0.1, 0.15) is 5.56 Å². The number of rotatable bonds is 4. The SMILES string of the molecule is COc1ccc2c(CC(=O)Nc3nc4ccc(Cl)cc4s3)coc2c1. The van der Waals surface area contributed by atoms with Gasteiger partial charge in [0.15, 0.2) is 5.13 Å². The molecule has 0 saturated carbocycles. The number of aromatic nitrogens is 1. The fourth-order valence-electron chi connectivity index (χ4n) is 2.62. The number of ether oxygens (including phenoxy) is 1. The van der Waals surface area contributed by atoms with Gasteiger partial charge in [-0.3, -0.25) is 4.79 Å². The van der Waals surface area contributed by atoms with Gasteiger partial charge in [0, 0.05) is 22.0 Å². The molecule has 4 aromatic rings. The number of benzene rings is 2. The molecule has 25 heavy (non-hydrogen) atoms. The number of furan rings is 1. The lowest BCUT2D eigenvalue weighted by Crippen LogP contribution is -2.13. The zero-order valence-corrected chi connectivity index (χ0v) is 14.8. The first-order valence-electron chi connectivity index (χ1n) is 7.52. The van der Waals surface area contributed by atoms with Crippen molar-refractivity contribution in [1.29, 1.82) is 0 Å². The normalized spacial score (nSPS) is 11.1. The van der Waals surface area contributed by atoms with Crippen molar-refractivity contribution >= 4 is 55.2 Å². The molecule has 0 atom stereocenters. The molecule has 0 bridgehead atoms. The molecular weight excluding hydrogens is 360 g/mol. The summed E-state index contributed by atoms with van der Waals surface area (Å²) in [5, 5.41) is 4.93. The van der Waals surface area contributed by atoms with Gasteiger partial charge < -0.3 is 14.5 Å². The van der Waals surface area contributed by atoms with E-state index in [9.17, 15) is 4.79 Å². The number of fused-ring (bicyclic) bond motifs is 2. The summed E-state index contributed by atoms with van der Waals surface area (Å²) in [4.78, 5) is 16.7. The molecule has 0 spiro atoms. The van der Waals surface area contributed by atoms with E-state index < -0.39 is 0 Å². The average Bonchev–Trinajstić information content (AvgIpc) is 3.17. The van der Waals surface area contributed by atoms with Crippen LogP contribution in [0.5, 0.6) is 5.75 Å². The zero-order chi connectivity index (χ0) is 17.4. The average molecular weight is 373 g/mol. The van der Waals surface area contributed by atoms with Crippen LogP contribution in [0.4, 0.5) is 5.13 Å². The van der Waals surface area contributed by atoms with E-state index in [1.165, 1.54) is 11.3 Å². The van der Waals surface area contributed by atoms with Crippen molar-refractivity contribution in [1.82, 2.24) is 4.98 Å². The van der Waals surface area contributed by atoms with E-state index in [-0.39, 0.29) is 12.3 Å². The molecule has 2 aromatic heterocycles. The van der Waals surface area contributed by atoms with Gasteiger partial charge >= 0.3 is 0 Å². The summed E-state index contributed by atoms with van der Waals surface area (Å²) in [5.74, 6) is 0.564. The molecule has 0 aliphatic rings. The van der Waals surface area contributed by atoms with Crippen LogP contribution in [-0.2, 0) is 11.2 Å². The highest BCUT2D eigenvalue weighted by Gasteiger charge is 2.13. The third-order valence-corrected chi connectivity index (χ3v) is 4.98. The van der Waals surface area contributed by atoms with Crippen molar-refractivity contribution in [3.05, 3.63) is 53.2 Å². The van der Waals surface area contributed by atoms with Crippen molar-refractivity contribution in [3.63, 3.8) is 0 Å². The number of nitrogens with one attached hydrogen (secondary N) is 1. The molecule has 1 N–H and O–H groups in total. The third kappa shape index (κ3) is 3.18. The number of hydrogen-bond acceptors (Lipinski definition) is 5. The minimum atomic E-state index is -0.149. The summed E-state index contributed by atoms with van der Waals surface area (Å²) in [5.41, 5.74) is 2.32. The molecule has 0 radical (unpaired) electrons. The van der Waals surface area contributed by atoms with Crippen LogP contribution < -0.4 is 10.1 Å². The van der Waals surface area contributed by atoms with Crippen molar-refractivity contribution in [2.45, 2.75) is 6.42 Å². The number of carbonyl (C=O) groups excluding carboxylic acids is 1. The summed E-state index contributed by atoms with van der Waals surface area (Å²) in [6, 6.07) is 11.0. The smallest absolute Gasteiger partial charge is 0.230 e. The first-order valence-corrected chi connectivity index (χ1v) is 8.72. The summed E-state index contributed by atoms with van der Waals surface area (Å²) < 4.78 is 11.6. The Bertz CT molecular complexity index is 1090. The fraction of sp³-hybridized carbons (Fsp3) is 0.111. The van der Waals surface area contributed by atoms with E-state index in [0.717, 1.165) is 21.2 Å². The van der Waals surface area contributed by atoms with Crippen molar-refractivity contribution < 1.29 is 13.9 Å². The number of carbonyl (C=O) groups is 1. The van der Waals surface area contributed by atoms with Gasteiger partial charge in [-0.25, -0.2) is 4.98 Å². The van der Waals surface area contributed by atoms with Gasteiger partial charge in [0.1, 0.15) is 11.3 Å². The van der Waals surface area contributed by atoms with Gasteiger partial charge in [0.05, 0.1) is 30.0 Å². The molecule has 2 aromatic carbocycles. The van der Waals surface area contributed by atoms with Crippen LogP contribution in [0.15, 0.2) is 47.1 Å². The fourth-order valence-corrected chi connectivity index (χ4v) is 3.77. The van der Waals surface area contributed by atoms with Crippen LogP contribution in [0.25, 0.3) is 21.2 Å². The summed E-state index contributed by atoms with van der Waals surface area (Å²) in [6.07, 6.45) is 1.80. The molecule has 0 fully saturated rings. The van der Waals surface area contributed by atoms with Crippen LogP contribution in [0.2, 0.25) is 5.02 Å². The maximum Gasteiger partial charge on any atom is 0.230 e. The molecule has 0 aliphatic carbocycles. The Morgan fingerprint density at radius 2 is 2.20 bits per heavy atom. The number of anilines is 1. The minimum absolute atomic E-state index is 0.149. The quantitative estimate of drug-likeness (QED) is 0.554. The Hall–Kier alpha value is -2.57. The second kappa shape index (κ2) is 6.38. The highest BCUT2D eigenvalue weighted by Crippen LogP contribution is 2.29. The van der Waals surface area contributed by atoms with E-state index in [2.05, 4.69) is 10.3 Å². The van der Waals surface area contributed by atoms with E-state index >= 15 is 0 Å². The summed E-state index contributed by atoms with van der Waals surface area (Å²) >= 11 is 7.37. The molecule has 0 saturated heterocycles. The third-order valence-electron chi connectivity index (χ3n) is 3.81. The maximum absolute atomic E-state index is 12.4. The van der Waals surface area contributed by atoms with Gasteiger partial charge in [0.25, 0.3) is 0 Å². The molecule has 4 rings (SSSR count). The first kappa shape index (κ1) is 15.9. The van der Waals surface area contributed by atoms with Crippen molar-refractivity contribution in [2.24, 2.45) is 0 Å². The lowest BCUT2D eigenvalue weighted by atomic mass is 10.1. The number of hydrogen-bond donors (Lipinski definition) is 1. The van der Waals surface area contributed by atoms with E-state index in [0.29, 0.717) is 21.5 Å². The molecule has 1 amide bonds. The predicted octanol–water partition coefficient (Wildman–Crippen LogP) is 4.89. The minimum Gasteiger partial charge on any atom is -0.497 e. The lowest BCUT2D eigenvalue weighted by molar-refractivity contribution is -0.115. The van der Waals surface area contributed by atoms with Crippen LogP contribution >= 0.6 is 22.9 Å². The number of amides is 1. The predicted molar refractivity (Wildman–Crippen MR) is 99.7 cm³/mol. The maximum atomic E-state index is 12.4. The first-order chi connectivity index (χ1) is 12.1. The van der Waals surface area contributed by atoms with Crippen LogP contribution in [0.3, 0.4) is 0 Å². The Morgan fingerprint density at radius 1 is 1.32 bits per heavy atom. The van der Waals surface area contributed by atoms with Gasteiger partial charge in [0.2, 0.25) is 5.91 Å². The molecule has 5 nitrogen and oxygen atoms in total. The van der Waals surface area contributed by atoms with E-state index in [4.69, 9.17) is 20.8 Å². The van der Waals surface area contributed by atoms with Crippen molar-refractivity contribution in [3.8, 4) is 5.75 Å². The highest BCUT2D eigenvalue weighted by atomic mass is 35.5. The molecule has 0 aliphatic heterocycles. The van der Waals surface area contributed by atoms with Crippen molar-refractivity contribution in [2.75, 3.05) is 12.4 Å². The molecule has 2 heterocycles. The number of methoxy groups -OCH3 is 1.